The van der Waals surface area contributed by atoms with Crippen LogP contribution in [0.1, 0.15) is 41.3 Å². The molecule has 0 saturated carbocycles. The Kier molecular flexibility index (Phi) is 5.51. The molecule has 0 unspecified atom stereocenters. The number of nitrogens with zero attached hydrogens (tertiary/aromatic N) is 4. The van der Waals surface area contributed by atoms with E-state index in [0.29, 0.717) is 12.1 Å². The van der Waals surface area contributed by atoms with Gasteiger partial charge in [0.2, 0.25) is 5.91 Å². The number of amides is 1. The summed E-state index contributed by atoms with van der Waals surface area (Å²) in [5, 5.41) is 8.36. The predicted molar refractivity (Wildman–Crippen MR) is 110 cm³/mol. The second kappa shape index (κ2) is 8.39. The molecular formula is C23H24N4O2. The van der Waals surface area contributed by atoms with Gasteiger partial charge in [-0.1, -0.05) is 54.6 Å². The molecule has 0 atom stereocenters. The van der Waals surface area contributed by atoms with Gasteiger partial charge in [-0.2, -0.15) is 0 Å². The number of fused-ring (bicyclic) bond motifs is 1. The van der Waals surface area contributed by atoms with Crippen LogP contribution in [0.5, 0.6) is 0 Å². The molecule has 29 heavy (non-hydrogen) atoms. The molecule has 0 bridgehead atoms. The number of ketones is 1. The molecule has 0 radical (unpaired) electrons. The Morgan fingerprint density at radius 3 is 2.45 bits per heavy atom. The van der Waals surface area contributed by atoms with E-state index in [1.165, 1.54) is 0 Å². The molecule has 1 aliphatic rings. The number of carbonyl (C=O) groups excluding carboxylic acids is 2. The van der Waals surface area contributed by atoms with Crippen molar-refractivity contribution in [1.29, 1.82) is 0 Å². The van der Waals surface area contributed by atoms with E-state index in [1.807, 2.05) is 54.6 Å². The molecule has 148 valence electrons. The zero-order valence-corrected chi connectivity index (χ0v) is 16.5. The van der Waals surface area contributed by atoms with Crippen LogP contribution >= 0.6 is 0 Å². The summed E-state index contributed by atoms with van der Waals surface area (Å²) in [6, 6.07) is 17.6. The van der Waals surface area contributed by atoms with Gasteiger partial charge in [0.1, 0.15) is 5.82 Å². The van der Waals surface area contributed by atoms with Crippen molar-refractivity contribution in [2.75, 3.05) is 7.05 Å². The maximum absolute atomic E-state index is 12.5. The van der Waals surface area contributed by atoms with Crippen LogP contribution in [0.25, 0.3) is 11.1 Å². The van der Waals surface area contributed by atoms with Gasteiger partial charge >= 0.3 is 0 Å². The number of hydrogen-bond donors (Lipinski definition) is 0. The molecule has 1 amide bonds. The third-order valence-electron chi connectivity index (χ3n) is 5.37. The van der Waals surface area contributed by atoms with Crippen molar-refractivity contribution >= 4 is 11.7 Å². The van der Waals surface area contributed by atoms with Gasteiger partial charge in [0.05, 0.1) is 6.54 Å². The van der Waals surface area contributed by atoms with Gasteiger partial charge in [-0.05, 0) is 17.5 Å². The number of hydrogen-bond acceptors (Lipinski definition) is 4. The summed E-state index contributed by atoms with van der Waals surface area (Å²) in [6.45, 7) is 1.34. The lowest BCUT2D eigenvalue weighted by atomic mass is 10.0. The summed E-state index contributed by atoms with van der Waals surface area (Å²) in [5.41, 5.74) is 2.82. The first-order valence-corrected chi connectivity index (χ1v) is 9.95. The van der Waals surface area contributed by atoms with Crippen LogP contribution in [-0.4, -0.2) is 38.4 Å². The highest BCUT2D eigenvalue weighted by Crippen LogP contribution is 2.20. The van der Waals surface area contributed by atoms with E-state index in [2.05, 4.69) is 14.8 Å². The van der Waals surface area contributed by atoms with Crippen LogP contribution in [-0.2, 0) is 24.3 Å². The molecular weight excluding hydrogens is 364 g/mol. The molecule has 3 aromatic rings. The van der Waals surface area contributed by atoms with Gasteiger partial charge in [0.15, 0.2) is 11.6 Å². The molecule has 4 rings (SSSR count). The van der Waals surface area contributed by atoms with Crippen LogP contribution in [0.3, 0.4) is 0 Å². The minimum atomic E-state index is -0.0606. The Balaban J connectivity index is 1.31. The van der Waals surface area contributed by atoms with Crippen LogP contribution in [0.4, 0.5) is 0 Å². The third kappa shape index (κ3) is 4.26. The minimum Gasteiger partial charge on any atom is -0.338 e. The van der Waals surface area contributed by atoms with Crippen LogP contribution in [0, 0.1) is 0 Å². The predicted octanol–water partition coefficient (Wildman–Crippen LogP) is 3.51. The highest BCUT2D eigenvalue weighted by molar-refractivity contribution is 5.98. The molecule has 2 aromatic carbocycles. The molecule has 0 N–H and O–H groups in total. The molecule has 0 saturated heterocycles. The number of rotatable bonds is 7. The lowest BCUT2D eigenvalue weighted by Crippen LogP contribution is -2.28. The molecule has 2 heterocycles. The van der Waals surface area contributed by atoms with Crippen molar-refractivity contribution in [3.05, 3.63) is 71.8 Å². The average Bonchev–Trinajstić information content (AvgIpc) is 3.37. The quantitative estimate of drug-likeness (QED) is 0.581. The van der Waals surface area contributed by atoms with Crippen molar-refractivity contribution in [3.63, 3.8) is 0 Å². The smallest absolute Gasteiger partial charge is 0.223 e. The monoisotopic (exact) mass is 388 g/mol. The lowest BCUT2D eigenvalue weighted by Gasteiger charge is -2.16. The normalized spacial score (nSPS) is 12.6. The van der Waals surface area contributed by atoms with Gasteiger partial charge in [-0.3, -0.25) is 9.59 Å². The first kappa shape index (κ1) is 19.1. The zero-order valence-electron chi connectivity index (χ0n) is 16.5. The maximum atomic E-state index is 12.5. The van der Waals surface area contributed by atoms with Crippen LogP contribution in [0.2, 0.25) is 0 Å². The number of benzene rings is 2. The molecule has 0 aliphatic carbocycles. The van der Waals surface area contributed by atoms with E-state index in [4.69, 9.17) is 0 Å². The van der Waals surface area contributed by atoms with E-state index < -0.39 is 0 Å². The largest absolute Gasteiger partial charge is 0.338 e. The SMILES string of the molecule is CN(Cc1nnc2n1CCC2)C(=O)CCC(=O)c1ccc(-c2ccccc2)cc1. The maximum Gasteiger partial charge on any atom is 0.223 e. The Bertz CT molecular complexity index is 1010. The van der Waals surface area contributed by atoms with Crippen molar-refractivity contribution in [1.82, 2.24) is 19.7 Å². The molecule has 6 heteroatoms. The summed E-state index contributed by atoms with van der Waals surface area (Å²) in [7, 11) is 1.75. The number of Topliss-reactive ketones (excluding diaryl/α,β-unsaturated/α-hetero) is 1. The Hall–Kier alpha value is -3.28. The summed E-state index contributed by atoms with van der Waals surface area (Å²) in [5.74, 6) is 1.73. The Labute approximate surface area is 170 Å². The standard InChI is InChI=1S/C23H24N4O2/c1-26(16-22-25-24-21-8-5-15-27(21)22)23(29)14-13-20(28)19-11-9-18(10-12-19)17-6-3-2-4-7-17/h2-4,6-7,9-12H,5,8,13-16H2,1H3. The molecule has 0 spiro atoms. The van der Waals surface area contributed by atoms with Crippen LogP contribution < -0.4 is 0 Å². The fourth-order valence-electron chi connectivity index (χ4n) is 3.66. The second-order valence-electron chi connectivity index (χ2n) is 7.40. The second-order valence-corrected chi connectivity index (χ2v) is 7.40. The van der Waals surface area contributed by atoms with Crippen molar-refractivity contribution in [2.24, 2.45) is 0 Å². The fourth-order valence-corrected chi connectivity index (χ4v) is 3.66. The molecule has 1 aromatic heterocycles. The van der Waals surface area contributed by atoms with E-state index in [1.54, 1.807) is 11.9 Å². The van der Waals surface area contributed by atoms with E-state index in [9.17, 15) is 9.59 Å². The third-order valence-corrected chi connectivity index (χ3v) is 5.37. The molecule has 1 aliphatic heterocycles. The molecule has 0 fully saturated rings. The van der Waals surface area contributed by atoms with Crippen molar-refractivity contribution in [2.45, 2.75) is 38.8 Å². The molecule has 6 nitrogen and oxygen atoms in total. The minimum absolute atomic E-state index is 0.0188. The van der Waals surface area contributed by atoms with Crippen molar-refractivity contribution < 1.29 is 9.59 Å². The van der Waals surface area contributed by atoms with Gasteiger partial charge in [0, 0.05) is 38.4 Å². The number of aromatic nitrogens is 3. The van der Waals surface area contributed by atoms with Gasteiger partial charge in [0.25, 0.3) is 0 Å². The first-order valence-electron chi connectivity index (χ1n) is 9.95. The highest BCUT2D eigenvalue weighted by Gasteiger charge is 2.20. The topological polar surface area (TPSA) is 68.1 Å². The van der Waals surface area contributed by atoms with Gasteiger partial charge < -0.3 is 9.47 Å². The van der Waals surface area contributed by atoms with Crippen LogP contribution in [0.15, 0.2) is 54.6 Å². The Morgan fingerprint density at radius 1 is 0.966 bits per heavy atom. The average molecular weight is 388 g/mol. The van der Waals surface area contributed by atoms with Gasteiger partial charge in [-0.15, -0.1) is 10.2 Å². The number of aryl methyl sites for hydroxylation is 1. The lowest BCUT2D eigenvalue weighted by molar-refractivity contribution is -0.130. The highest BCUT2D eigenvalue weighted by atomic mass is 16.2. The summed E-state index contributed by atoms with van der Waals surface area (Å²) < 4.78 is 2.09. The zero-order chi connectivity index (χ0) is 20.2. The van der Waals surface area contributed by atoms with E-state index in [-0.39, 0.29) is 24.5 Å². The first-order chi connectivity index (χ1) is 14.1. The Morgan fingerprint density at radius 2 is 1.69 bits per heavy atom. The number of carbonyl (C=O) groups is 2. The van der Waals surface area contributed by atoms with Gasteiger partial charge in [-0.25, -0.2) is 0 Å². The van der Waals surface area contributed by atoms with Crippen molar-refractivity contribution in [3.8, 4) is 11.1 Å². The summed E-state index contributed by atoms with van der Waals surface area (Å²) in [6.07, 6.45) is 2.41. The summed E-state index contributed by atoms with van der Waals surface area (Å²) >= 11 is 0. The van der Waals surface area contributed by atoms with E-state index in [0.717, 1.165) is 42.2 Å². The fraction of sp³-hybridized carbons (Fsp3) is 0.304. The van der Waals surface area contributed by atoms with E-state index >= 15 is 0 Å². The summed E-state index contributed by atoms with van der Waals surface area (Å²) in [4.78, 5) is 26.6.